The number of hydrogen-bond acceptors (Lipinski definition) is 3. The Balaban J connectivity index is 1.93. The van der Waals surface area contributed by atoms with Crippen LogP contribution in [0.4, 0.5) is 0 Å². The van der Waals surface area contributed by atoms with Crippen LogP contribution in [0.3, 0.4) is 0 Å². The van der Waals surface area contributed by atoms with E-state index in [1.54, 1.807) is 9.13 Å². The maximum atomic E-state index is 12.6. The van der Waals surface area contributed by atoms with Gasteiger partial charge in [0.2, 0.25) is 5.91 Å². The van der Waals surface area contributed by atoms with E-state index in [1.807, 2.05) is 31.2 Å². The first kappa shape index (κ1) is 19.2. The normalized spacial score (nSPS) is 11.1. The van der Waals surface area contributed by atoms with Crippen molar-refractivity contribution in [1.82, 2.24) is 14.5 Å². The van der Waals surface area contributed by atoms with Crippen molar-refractivity contribution in [2.24, 2.45) is 0 Å². The molecular formula is C19H29N3O3. The van der Waals surface area contributed by atoms with Gasteiger partial charge in [0.15, 0.2) is 0 Å². The summed E-state index contributed by atoms with van der Waals surface area (Å²) < 4.78 is 8.77. The van der Waals surface area contributed by atoms with Crippen molar-refractivity contribution in [3.63, 3.8) is 0 Å². The first-order valence-electron chi connectivity index (χ1n) is 9.21. The molecule has 25 heavy (non-hydrogen) atoms. The van der Waals surface area contributed by atoms with Gasteiger partial charge in [0.25, 0.3) is 0 Å². The van der Waals surface area contributed by atoms with E-state index < -0.39 is 0 Å². The zero-order valence-corrected chi connectivity index (χ0v) is 15.3. The Morgan fingerprint density at radius 3 is 2.40 bits per heavy atom. The van der Waals surface area contributed by atoms with Crippen LogP contribution < -0.4 is 11.0 Å². The third-order valence-corrected chi connectivity index (χ3v) is 4.10. The van der Waals surface area contributed by atoms with E-state index in [0.29, 0.717) is 19.7 Å². The van der Waals surface area contributed by atoms with Crippen LogP contribution in [0.25, 0.3) is 11.0 Å². The van der Waals surface area contributed by atoms with Gasteiger partial charge in [0.05, 0.1) is 11.0 Å². The van der Waals surface area contributed by atoms with Crippen LogP contribution in [0.1, 0.15) is 39.5 Å². The Labute approximate surface area is 148 Å². The van der Waals surface area contributed by atoms with Crippen molar-refractivity contribution in [3.05, 3.63) is 34.7 Å². The third-order valence-electron chi connectivity index (χ3n) is 4.10. The molecule has 0 atom stereocenters. The zero-order valence-electron chi connectivity index (χ0n) is 15.3. The number of nitrogens with one attached hydrogen (secondary N) is 1. The number of carbonyl (C=O) groups excluding carboxylic acids is 1. The van der Waals surface area contributed by atoms with E-state index in [4.69, 9.17) is 4.74 Å². The third kappa shape index (κ3) is 5.19. The van der Waals surface area contributed by atoms with E-state index in [2.05, 4.69) is 12.2 Å². The minimum absolute atomic E-state index is 0.0484. The maximum Gasteiger partial charge on any atom is 0.329 e. The van der Waals surface area contributed by atoms with Crippen LogP contribution in [0.2, 0.25) is 0 Å². The molecule has 1 aromatic carbocycles. The molecule has 0 aliphatic heterocycles. The number of ether oxygens (including phenoxy) is 1. The van der Waals surface area contributed by atoms with Crippen molar-refractivity contribution in [2.45, 2.75) is 52.6 Å². The molecule has 2 aromatic rings. The van der Waals surface area contributed by atoms with Gasteiger partial charge in [-0.1, -0.05) is 32.4 Å². The van der Waals surface area contributed by atoms with Gasteiger partial charge < -0.3 is 10.1 Å². The Bertz CT molecular complexity index is 733. The molecule has 0 fully saturated rings. The van der Waals surface area contributed by atoms with E-state index in [1.165, 1.54) is 0 Å². The van der Waals surface area contributed by atoms with E-state index in [9.17, 15) is 9.59 Å². The molecule has 6 heteroatoms. The molecule has 0 spiro atoms. The average molecular weight is 347 g/mol. The molecular weight excluding hydrogens is 318 g/mol. The molecule has 138 valence electrons. The number of fused-ring (bicyclic) bond motifs is 1. The molecule has 1 amide bonds. The monoisotopic (exact) mass is 347 g/mol. The highest BCUT2D eigenvalue weighted by Gasteiger charge is 2.14. The van der Waals surface area contributed by atoms with E-state index >= 15 is 0 Å². The second kappa shape index (κ2) is 10.0. The van der Waals surface area contributed by atoms with Crippen LogP contribution in [0.5, 0.6) is 0 Å². The number of amides is 1. The van der Waals surface area contributed by atoms with Crippen molar-refractivity contribution < 1.29 is 9.53 Å². The number of aryl methyl sites for hydroxylation is 1. The summed E-state index contributed by atoms with van der Waals surface area (Å²) in [7, 11) is 0. The number of benzene rings is 1. The molecule has 6 nitrogen and oxygen atoms in total. The number of aromatic nitrogens is 2. The number of unbranched alkanes of at least 4 members (excludes halogenated alkanes) is 1. The van der Waals surface area contributed by atoms with Crippen LogP contribution in [-0.4, -0.2) is 34.8 Å². The van der Waals surface area contributed by atoms with Gasteiger partial charge in [-0.2, -0.15) is 0 Å². The Hall–Kier alpha value is -2.08. The minimum atomic E-state index is -0.143. The summed E-state index contributed by atoms with van der Waals surface area (Å²) in [4.78, 5) is 24.8. The van der Waals surface area contributed by atoms with Crippen LogP contribution in [0.15, 0.2) is 29.1 Å². The lowest BCUT2D eigenvalue weighted by Gasteiger charge is -2.07. The van der Waals surface area contributed by atoms with Crippen molar-refractivity contribution in [1.29, 1.82) is 0 Å². The fourth-order valence-electron chi connectivity index (χ4n) is 2.81. The number of imidazole rings is 1. The SMILES string of the molecule is CCCCOCCCNC(=O)Cn1c(=O)n(CCC)c2ccccc21. The lowest BCUT2D eigenvalue weighted by Crippen LogP contribution is -2.33. The van der Waals surface area contributed by atoms with Crippen LogP contribution in [-0.2, 0) is 22.6 Å². The maximum absolute atomic E-state index is 12.6. The van der Waals surface area contributed by atoms with Gasteiger partial charge in [-0.25, -0.2) is 4.79 Å². The fourth-order valence-corrected chi connectivity index (χ4v) is 2.81. The molecule has 0 bridgehead atoms. The molecule has 2 rings (SSSR count). The smallest absolute Gasteiger partial charge is 0.329 e. The van der Waals surface area contributed by atoms with Crippen LogP contribution in [0, 0.1) is 0 Å². The zero-order chi connectivity index (χ0) is 18.1. The summed E-state index contributed by atoms with van der Waals surface area (Å²) in [6.07, 6.45) is 3.84. The molecule has 1 N–H and O–H groups in total. The number of rotatable bonds is 11. The summed E-state index contributed by atoms with van der Waals surface area (Å²) in [5.74, 6) is -0.143. The number of carbonyl (C=O) groups is 1. The number of nitrogens with zero attached hydrogens (tertiary/aromatic N) is 2. The van der Waals surface area contributed by atoms with Gasteiger partial charge in [-0.15, -0.1) is 0 Å². The Kier molecular flexibility index (Phi) is 7.73. The summed E-state index contributed by atoms with van der Waals surface area (Å²) in [6.45, 7) is 6.85. The first-order valence-corrected chi connectivity index (χ1v) is 9.21. The van der Waals surface area contributed by atoms with Gasteiger partial charge in [-0.3, -0.25) is 13.9 Å². The lowest BCUT2D eigenvalue weighted by atomic mass is 10.3. The van der Waals surface area contributed by atoms with Gasteiger partial charge in [0, 0.05) is 26.3 Å². The first-order chi connectivity index (χ1) is 12.2. The van der Waals surface area contributed by atoms with Crippen molar-refractivity contribution >= 4 is 16.9 Å². The molecule has 0 unspecified atom stereocenters. The molecule has 0 aliphatic rings. The second-order valence-corrected chi connectivity index (χ2v) is 6.18. The van der Waals surface area contributed by atoms with Crippen molar-refractivity contribution in [3.8, 4) is 0 Å². The molecule has 0 saturated heterocycles. The highest BCUT2D eigenvalue weighted by molar-refractivity contribution is 5.80. The van der Waals surface area contributed by atoms with Gasteiger partial charge in [0.1, 0.15) is 6.54 Å². The predicted octanol–water partition coefficient (Wildman–Crippen LogP) is 2.54. The molecule has 1 heterocycles. The molecule has 0 aliphatic carbocycles. The molecule has 1 aromatic heterocycles. The summed E-state index contributed by atoms with van der Waals surface area (Å²) in [5, 5.41) is 2.87. The Morgan fingerprint density at radius 2 is 1.72 bits per heavy atom. The molecule has 0 radical (unpaired) electrons. The fraction of sp³-hybridized carbons (Fsp3) is 0.579. The Morgan fingerprint density at radius 1 is 1.04 bits per heavy atom. The standard InChI is InChI=1S/C19H29N3O3/c1-3-5-13-25-14-8-11-20-18(23)15-22-17-10-7-6-9-16(17)21(12-4-2)19(22)24/h6-7,9-10H,3-5,8,11-15H2,1-2H3,(H,20,23). The predicted molar refractivity (Wildman–Crippen MR) is 99.8 cm³/mol. The highest BCUT2D eigenvalue weighted by atomic mass is 16.5. The van der Waals surface area contributed by atoms with E-state index in [-0.39, 0.29) is 18.1 Å². The summed E-state index contributed by atoms with van der Waals surface area (Å²) in [6, 6.07) is 7.61. The number of para-hydroxylation sites is 2. The average Bonchev–Trinajstić information content (AvgIpc) is 2.87. The largest absolute Gasteiger partial charge is 0.381 e. The minimum Gasteiger partial charge on any atom is -0.381 e. The van der Waals surface area contributed by atoms with Crippen molar-refractivity contribution in [2.75, 3.05) is 19.8 Å². The van der Waals surface area contributed by atoms with Crippen LogP contribution >= 0.6 is 0 Å². The van der Waals surface area contributed by atoms with E-state index in [0.717, 1.165) is 43.3 Å². The van der Waals surface area contributed by atoms with Gasteiger partial charge >= 0.3 is 5.69 Å². The number of hydrogen-bond donors (Lipinski definition) is 1. The second-order valence-electron chi connectivity index (χ2n) is 6.18. The highest BCUT2D eigenvalue weighted by Crippen LogP contribution is 2.13. The topological polar surface area (TPSA) is 65.3 Å². The molecule has 0 saturated carbocycles. The van der Waals surface area contributed by atoms with Gasteiger partial charge in [-0.05, 0) is 31.4 Å². The summed E-state index contributed by atoms with van der Waals surface area (Å²) >= 11 is 0. The summed E-state index contributed by atoms with van der Waals surface area (Å²) in [5.41, 5.74) is 1.56. The quantitative estimate of drug-likeness (QED) is 0.635. The lowest BCUT2D eigenvalue weighted by molar-refractivity contribution is -0.121.